The van der Waals surface area contributed by atoms with Crippen LogP contribution < -0.4 is 5.73 Å². The Labute approximate surface area is 325 Å². The Morgan fingerprint density at radius 1 is 0.800 bits per heavy atom. The van der Waals surface area contributed by atoms with Gasteiger partial charge in [0.2, 0.25) is 17.7 Å². The number of ether oxygens (including phenoxy) is 1. The molecule has 2 N–H and O–H groups in total. The van der Waals surface area contributed by atoms with Crippen molar-refractivity contribution in [2.75, 3.05) is 74.1 Å². The second-order valence-corrected chi connectivity index (χ2v) is 12.4. The maximum absolute atomic E-state index is 11.4. The molecule has 4 rings (SSSR count). The summed E-state index contributed by atoms with van der Waals surface area (Å²) in [5, 5.41) is 8.04. The minimum atomic E-state index is -0.456. The van der Waals surface area contributed by atoms with E-state index < -0.39 is 5.91 Å². The molecular formula is C32H53N9O7W2. The molecule has 0 saturated carbocycles. The molecule has 18 heteroatoms. The molecular weight excluding hydrogens is 990 g/mol. The summed E-state index contributed by atoms with van der Waals surface area (Å²) >= 11 is 0. The number of aromatic nitrogens is 4. The van der Waals surface area contributed by atoms with Crippen molar-refractivity contribution < 1.29 is 75.1 Å². The standard InChI is InChI=1S/C14H22N3O3.C12H19N4O2.2C3H6NO.2W/c1-4-17-8-6-14(3,7-9-17)13-15-11(20-16-13)10-12(18)19-5-2;1-3-16-6-4-12(2,5-7-16)11-14-10(18-15-11)8-9(13)17;2*1-4(2)3-5;;/h1,4-10H2,2-3H3;1,3-8H2,2H3,(H2,13,17);2*1-2H3;;/q4*-1;2*+2. The predicted molar refractivity (Wildman–Crippen MR) is 177 cm³/mol. The molecule has 4 heterocycles. The van der Waals surface area contributed by atoms with Gasteiger partial charge in [0.25, 0.3) is 0 Å². The Kier molecular flexibility index (Phi) is 25.2. The summed E-state index contributed by atoms with van der Waals surface area (Å²) < 4.78 is 15.1. The first-order valence-electron chi connectivity index (χ1n) is 15.9. The zero-order valence-electron chi connectivity index (χ0n) is 30.4. The molecule has 50 heavy (non-hydrogen) atoms. The number of primary amides is 1. The molecule has 0 bridgehead atoms. The van der Waals surface area contributed by atoms with Crippen molar-refractivity contribution in [3.05, 3.63) is 37.3 Å². The van der Waals surface area contributed by atoms with E-state index in [4.69, 9.17) is 19.5 Å². The fourth-order valence-corrected chi connectivity index (χ4v) is 4.62. The first-order valence-corrected chi connectivity index (χ1v) is 15.9. The minimum Gasteiger partial charge on any atom is -0.522 e. The van der Waals surface area contributed by atoms with Gasteiger partial charge in [0.05, 0.1) is 6.61 Å². The number of nitrogens with two attached hydrogens (primary N) is 1. The molecule has 2 aliphatic heterocycles. The van der Waals surface area contributed by atoms with Crippen LogP contribution in [0.1, 0.15) is 69.9 Å². The largest absolute Gasteiger partial charge is 2.00 e. The van der Waals surface area contributed by atoms with E-state index in [1.54, 1.807) is 47.9 Å². The van der Waals surface area contributed by atoms with E-state index in [9.17, 15) is 19.2 Å². The van der Waals surface area contributed by atoms with E-state index in [1.165, 1.54) is 9.80 Å². The average molecular weight is 1040 g/mol. The quantitative estimate of drug-likeness (QED) is 0.190. The van der Waals surface area contributed by atoms with Crippen molar-refractivity contribution in [1.29, 1.82) is 0 Å². The van der Waals surface area contributed by atoms with Gasteiger partial charge in [0, 0.05) is 10.8 Å². The summed E-state index contributed by atoms with van der Waals surface area (Å²) in [6.07, 6.45) is 7.16. The SMILES string of the molecule is CN(C)[C-]=O.CN(C)[C-]=O.[CH2-]CN1CCC(C)(c2noc(CC(=O)OCC)n2)CC1.[CH2-]CN1CCC(C)(c2noc(CC(N)=O)n2)CC1.[W+2].[W+2]. The van der Waals surface area contributed by atoms with Gasteiger partial charge in [-0.05, 0) is 87.0 Å². The van der Waals surface area contributed by atoms with Gasteiger partial charge in [-0.15, -0.1) is 13.1 Å². The minimum absolute atomic E-state index is 0. The second-order valence-electron chi connectivity index (χ2n) is 12.4. The first kappa shape index (κ1) is 49.6. The summed E-state index contributed by atoms with van der Waals surface area (Å²) in [5.74, 6) is 1.22. The fourth-order valence-electron chi connectivity index (χ4n) is 4.62. The molecule has 0 aromatic carbocycles. The maximum Gasteiger partial charge on any atom is 2.00 e. The Balaban J connectivity index is 0. The van der Waals surface area contributed by atoms with Gasteiger partial charge in [-0.25, -0.2) is 0 Å². The molecule has 2 fully saturated rings. The molecule has 2 aliphatic rings. The number of piperidine rings is 2. The van der Waals surface area contributed by atoms with Crippen LogP contribution in [0.3, 0.4) is 0 Å². The van der Waals surface area contributed by atoms with Crippen LogP contribution in [0.25, 0.3) is 0 Å². The molecule has 2 saturated heterocycles. The summed E-state index contributed by atoms with van der Waals surface area (Å²) in [7, 11) is 6.53. The number of hydrogen-bond donors (Lipinski definition) is 1. The van der Waals surface area contributed by atoms with Gasteiger partial charge in [0.1, 0.15) is 12.8 Å². The Bertz CT molecular complexity index is 1230. The van der Waals surface area contributed by atoms with Crippen molar-refractivity contribution in [3.8, 4) is 0 Å². The van der Waals surface area contributed by atoms with E-state index in [2.05, 4.69) is 57.8 Å². The van der Waals surface area contributed by atoms with Gasteiger partial charge in [-0.3, -0.25) is 9.59 Å². The number of hydrogen-bond acceptors (Lipinski definition) is 13. The number of likely N-dealkylation sites (tertiary alicyclic amines) is 2. The Hall–Kier alpha value is -2.54. The third-order valence-electron chi connectivity index (χ3n) is 7.86. The molecule has 280 valence electrons. The fraction of sp³-hybridized carbons (Fsp3) is 0.688. The van der Waals surface area contributed by atoms with E-state index in [0.29, 0.717) is 30.0 Å². The van der Waals surface area contributed by atoms with E-state index in [-0.39, 0.29) is 71.8 Å². The average Bonchev–Trinajstić information content (AvgIpc) is 3.73. The number of rotatable bonds is 11. The van der Waals surface area contributed by atoms with Crippen LogP contribution in [0, 0.1) is 13.8 Å². The number of esters is 1. The van der Waals surface area contributed by atoms with E-state index >= 15 is 0 Å². The Morgan fingerprint density at radius 3 is 1.42 bits per heavy atom. The van der Waals surface area contributed by atoms with Gasteiger partial charge >= 0.3 is 48.1 Å². The molecule has 2 aromatic heterocycles. The predicted octanol–water partition coefficient (Wildman–Crippen LogP) is 0.873. The van der Waals surface area contributed by atoms with Crippen LogP contribution in [0.15, 0.2) is 9.05 Å². The van der Waals surface area contributed by atoms with E-state index in [1.807, 2.05) is 0 Å². The van der Waals surface area contributed by atoms with Crippen LogP contribution in [-0.2, 0) is 89.7 Å². The number of nitrogens with zero attached hydrogens (tertiary/aromatic N) is 8. The summed E-state index contributed by atoms with van der Waals surface area (Å²) in [6, 6.07) is 0. The van der Waals surface area contributed by atoms with Crippen LogP contribution in [0.2, 0.25) is 0 Å². The molecule has 0 radical (unpaired) electrons. The zero-order chi connectivity index (χ0) is 36.3. The molecule has 0 spiro atoms. The summed E-state index contributed by atoms with van der Waals surface area (Å²) in [4.78, 5) is 56.7. The Morgan fingerprint density at radius 2 is 1.14 bits per heavy atom. The van der Waals surface area contributed by atoms with Crippen LogP contribution in [0.4, 0.5) is 0 Å². The van der Waals surface area contributed by atoms with Crippen molar-refractivity contribution in [3.63, 3.8) is 0 Å². The van der Waals surface area contributed by atoms with Gasteiger partial charge in [-0.2, -0.15) is 22.8 Å². The van der Waals surface area contributed by atoms with Gasteiger partial charge in [-0.1, -0.05) is 24.2 Å². The second kappa shape index (κ2) is 25.4. The van der Waals surface area contributed by atoms with Crippen LogP contribution in [-0.4, -0.2) is 139 Å². The molecule has 16 nitrogen and oxygen atoms in total. The summed E-state index contributed by atoms with van der Waals surface area (Å²) in [6.45, 7) is 19.8. The number of carbonyl (C=O) groups is 2. The normalized spacial score (nSPS) is 16.1. The van der Waals surface area contributed by atoms with Gasteiger partial charge in [0.15, 0.2) is 11.6 Å². The van der Waals surface area contributed by atoms with Crippen LogP contribution in [0.5, 0.6) is 0 Å². The third-order valence-corrected chi connectivity index (χ3v) is 7.86. The monoisotopic (exact) mass is 1040 g/mol. The summed E-state index contributed by atoms with van der Waals surface area (Å²) in [5.41, 5.74) is 4.94. The van der Waals surface area contributed by atoms with Crippen molar-refractivity contribution in [2.45, 2.75) is 70.1 Å². The van der Waals surface area contributed by atoms with Crippen molar-refractivity contribution in [1.82, 2.24) is 39.9 Å². The number of carbonyl (C=O) groups excluding carboxylic acids is 4. The molecule has 0 unspecified atom stereocenters. The molecule has 0 aliphatic carbocycles. The van der Waals surface area contributed by atoms with Crippen molar-refractivity contribution >= 4 is 24.7 Å². The third kappa shape index (κ3) is 18.1. The molecule has 0 atom stereocenters. The maximum atomic E-state index is 11.4. The first-order chi connectivity index (χ1) is 22.6. The smallest absolute Gasteiger partial charge is 0.522 e. The zero-order valence-corrected chi connectivity index (χ0v) is 36.3. The van der Waals surface area contributed by atoms with Crippen molar-refractivity contribution in [2.24, 2.45) is 5.73 Å². The van der Waals surface area contributed by atoms with Gasteiger partial charge < -0.3 is 62.6 Å². The topological polar surface area (TPSA) is 194 Å². The van der Waals surface area contributed by atoms with E-state index in [0.717, 1.165) is 65.0 Å². The molecule has 3 amide bonds. The van der Waals surface area contributed by atoms with Crippen LogP contribution >= 0.6 is 0 Å². The number of amides is 3. The molecule has 2 aromatic rings.